The minimum atomic E-state index is -0.879. The second-order valence-corrected chi connectivity index (χ2v) is 9.83. The average molecular weight is 411 g/mol. The molecule has 2 heterocycles. The first-order chi connectivity index (χ1) is 13.8. The molecule has 3 N–H and O–H groups in total. The van der Waals surface area contributed by atoms with E-state index in [9.17, 15) is 15.2 Å². The van der Waals surface area contributed by atoms with Crippen LogP contribution in [0.4, 0.5) is 5.69 Å². The number of piperazine rings is 1. The number of nitrogens with two attached hydrogens (primary N) is 1. The summed E-state index contributed by atoms with van der Waals surface area (Å²) < 4.78 is 0. The number of nitriles is 1. The van der Waals surface area contributed by atoms with Gasteiger partial charge < -0.3 is 10.0 Å². The van der Waals surface area contributed by atoms with Gasteiger partial charge in [0.15, 0.2) is 0 Å². The molecule has 0 amide bonds. The summed E-state index contributed by atoms with van der Waals surface area (Å²) in [6, 6.07) is 7.82. The van der Waals surface area contributed by atoms with Crippen molar-refractivity contribution >= 4 is 23.0 Å². The van der Waals surface area contributed by atoms with Gasteiger partial charge >= 0.3 is 5.97 Å². The Morgan fingerprint density at radius 3 is 2.66 bits per heavy atom. The summed E-state index contributed by atoms with van der Waals surface area (Å²) in [5, 5.41) is 21.4. The number of anilines is 1. The van der Waals surface area contributed by atoms with Crippen LogP contribution in [0.25, 0.3) is 10.4 Å². The number of aryl methyl sites for hydroxylation is 1. The SMILES string of the molecule is CC1(C)CCc2sc(-c3cc(C#N)ccc3N3CCN(N)CC3)c(C(=O)O)c2C1. The number of thiophene rings is 1. The zero-order chi connectivity index (χ0) is 20.8. The fourth-order valence-electron chi connectivity index (χ4n) is 4.36. The first-order valence-electron chi connectivity index (χ1n) is 9.96. The molecule has 2 aromatic rings. The fourth-order valence-corrected chi connectivity index (χ4v) is 5.70. The maximum absolute atomic E-state index is 12.3. The minimum Gasteiger partial charge on any atom is -0.478 e. The van der Waals surface area contributed by atoms with Gasteiger partial charge in [-0.1, -0.05) is 13.8 Å². The lowest BCUT2D eigenvalue weighted by atomic mass is 9.76. The Kier molecular flexibility index (Phi) is 5.11. The predicted molar refractivity (Wildman–Crippen MR) is 115 cm³/mol. The number of aromatic carboxylic acids is 1. The number of carbonyl (C=O) groups is 1. The summed E-state index contributed by atoms with van der Waals surface area (Å²) in [4.78, 5) is 16.5. The molecule has 0 saturated carbocycles. The molecule has 1 aromatic carbocycles. The van der Waals surface area contributed by atoms with Crippen LogP contribution in [-0.2, 0) is 12.8 Å². The van der Waals surface area contributed by atoms with Crippen LogP contribution in [0.2, 0.25) is 0 Å². The van der Waals surface area contributed by atoms with E-state index in [1.54, 1.807) is 16.3 Å². The molecule has 1 aromatic heterocycles. The van der Waals surface area contributed by atoms with Gasteiger partial charge in [0.25, 0.3) is 0 Å². The van der Waals surface area contributed by atoms with Gasteiger partial charge in [-0.15, -0.1) is 11.3 Å². The molecule has 1 fully saturated rings. The van der Waals surface area contributed by atoms with Crippen molar-refractivity contribution in [2.45, 2.75) is 33.1 Å². The summed E-state index contributed by atoms with van der Waals surface area (Å²) in [5.41, 5.74) is 3.89. The largest absolute Gasteiger partial charge is 0.478 e. The second-order valence-electron chi connectivity index (χ2n) is 8.72. The van der Waals surface area contributed by atoms with E-state index in [1.165, 1.54) is 4.88 Å². The summed E-state index contributed by atoms with van der Waals surface area (Å²) in [6.07, 6.45) is 2.74. The Bertz CT molecular complexity index is 997. The van der Waals surface area contributed by atoms with E-state index in [-0.39, 0.29) is 5.41 Å². The molecule has 29 heavy (non-hydrogen) atoms. The Morgan fingerprint density at radius 1 is 1.28 bits per heavy atom. The van der Waals surface area contributed by atoms with Crippen LogP contribution in [-0.4, -0.2) is 42.3 Å². The molecule has 0 atom stereocenters. The lowest BCUT2D eigenvalue weighted by Gasteiger charge is -2.34. The lowest BCUT2D eigenvalue weighted by molar-refractivity contribution is 0.0696. The molecule has 0 unspecified atom stereocenters. The fraction of sp³-hybridized carbons (Fsp3) is 0.455. The molecule has 0 spiro atoms. The third-order valence-corrected chi connectivity index (χ3v) is 7.34. The lowest BCUT2D eigenvalue weighted by Crippen LogP contribution is -2.49. The van der Waals surface area contributed by atoms with Crippen molar-refractivity contribution in [3.05, 3.63) is 39.8 Å². The zero-order valence-electron chi connectivity index (χ0n) is 16.9. The number of carboxylic acids is 1. The molecule has 7 heteroatoms. The van der Waals surface area contributed by atoms with E-state index in [2.05, 4.69) is 24.8 Å². The van der Waals surface area contributed by atoms with Gasteiger partial charge in [-0.3, -0.25) is 5.84 Å². The number of hydrazine groups is 1. The Labute approximate surface area is 175 Å². The van der Waals surface area contributed by atoms with Gasteiger partial charge in [0.1, 0.15) is 0 Å². The smallest absolute Gasteiger partial charge is 0.337 e. The first-order valence-corrected chi connectivity index (χ1v) is 10.8. The number of hydrogen-bond acceptors (Lipinski definition) is 6. The highest BCUT2D eigenvalue weighted by Crippen LogP contribution is 2.47. The number of carboxylic acid groups (broad SMARTS) is 1. The maximum Gasteiger partial charge on any atom is 0.337 e. The van der Waals surface area contributed by atoms with E-state index < -0.39 is 5.97 Å². The number of benzene rings is 1. The van der Waals surface area contributed by atoms with Crippen molar-refractivity contribution < 1.29 is 9.90 Å². The van der Waals surface area contributed by atoms with Gasteiger partial charge in [-0.05, 0) is 48.4 Å². The predicted octanol–water partition coefficient (Wildman–Crippen LogP) is 3.50. The van der Waals surface area contributed by atoms with E-state index in [0.717, 1.165) is 67.1 Å². The molecular weight excluding hydrogens is 384 g/mol. The van der Waals surface area contributed by atoms with Crippen LogP contribution >= 0.6 is 11.3 Å². The molecule has 0 radical (unpaired) electrons. The number of rotatable bonds is 3. The van der Waals surface area contributed by atoms with Gasteiger partial charge in [0.05, 0.1) is 22.1 Å². The summed E-state index contributed by atoms with van der Waals surface area (Å²) in [6.45, 7) is 7.45. The summed E-state index contributed by atoms with van der Waals surface area (Å²) in [5.74, 6) is 5.03. The Morgan fingerprint density at radius 2 is 2.00 bits per heavy atom. The van der Waals surface area contributed by atoms with E-state index >= 15 is 0 Å². The Hall–Kier alpha value is -2.40. The van der Waals surface area contributed by atoms with Crippen molar-refractivity contribution in [1.82, 2.24) is 5.01 Å². The molecule has 1 aliphatic heterocycles. The third kappa shape index (κ3) is 3.76. The highest BCUT2D eigenvalue weighted by Gasteiger charge is 2.34. The highest BCUT2D eigenvalue weighted by molar-refractivity contribution is 7.16. The monoisotopic (exact) mass is 410 g/mol. The van der Waals surface area contributed by atoms with E-state index in [0.29, 0.717) is 11.1 Å². The molecule has 4 rings (SSSR count). The molecule has 6 nitrogen and oxygen atoms in total. The third-order valence-electron chi connectivity index (χ3n) is 6.01. The summed E-state index contributed by atoms with van der Waals surface area (Å²) in [7, 11) is 0. The van der Waals surface area contributed by atoms with E-state index in [1.807, 2.05) is 18.2 Å². The number of nitrogens with zero attached hydrogens (tertiary/aromatic N) is 3. The quantitative estimate of drug-likeness (QED) is 0.753. The van der Waals surface area contributed by atoms with Crippen LogP contribution in [0.1, 0.15) is 46.6 Å². The molecular formula is C22H26N4O2S. The number of hydrogen-bond donors (Lipinski definition) is 2. The van der Waals surface area contributed by atoms with Gasteiger partial charge in [0, 0.05) is 42.3 Å². The van der Waals surface area contributed by atoms with Crippen LogP contribution in [0.5, 0.6) is 0 Å². The van der Waals surface area contributed by atoms with E-state index in [4.69, 9.17) is 5.84 Å². The Balaban J connectivity index is 1.87. The zero-order valence-corrected chi connectivity index (χ0v) is 17.7. The average Bonchev–Trinajstić information content (AvgIpc) is 3.05. The van der Waals surface area contributed by atoms with Gasteiger partial charge in [-0.25, -0.2) is 9.80 Å². The van der Waals surface area contributed by atoms with Crippen molar-refractivity contribution in [2.24, 2.45) is 11.3 Å². The van der Waals surface area contributed by atoms with Crippen LogP contribution < -0.4 is 10.7 Å². The van der Waals surface area contributed by atoms with Crippen LogP contribution in [0.15, 0.2) is 18.2 Å². The molecule has 152 valence electrons. The topological polar surface area (TPSA) is 93.6 Å². The number of fused-ring (bicyclic) bond motifs is 1. The second kappa shape index (κ2) is 7.45. The maximum atomic E-state index is 12.3. The van der Waals surface area contributed by atoms with Gasteiger partial charge in [-0.2, -0.15) is 5.26 Å². The standard InChI is InChI=1S/C22H26N4O2S/c1-22(2)6-5-18-16(12-22)19(21(27)28)20(29-18)15-11-14(13-23)3-4-17(15)25-7-9-26(24)10-8-25/h3-4,11H,5-10,12,24H2,1-2H3,(H,27,28). The van der Waals surface area contributed by atoms with Crippen molar-refractivity contribution in [2.75, 3.05) is 31.1 Å². The molecule has 0 bridgehead atoms. The van der Waals surface area contributed by atoms with Crippen molar-refractivity contribution in [1.29, 1.82) is 5.26 Å². The molecule has 1 saturated heterocycles. The van der Waals surface area contributed by atoms with Crippen LogP contribution in [0, 0.1) is 16.7 Å². The summed E-state index contributed by atoms with van der Waals surface area (Å²) >= 11 is 1.59. The highest BCUT2D eigenvalue weighted by atomic mass is 32.1. The molecule has 2 aliphatic rings. The van der Waals surface area contributed by atoms with Gasteiger partial charge in [0.2, 0.25) is 0 Å². The minimum absolute atomic E-state index is 0.102. The van der Waals surface area contributed by atoms with Crippen molar-refractivity contribution in [3.8, 4) is 16.5 Å². The van der Waals surface area contributed by atoms with Crippen LogP contribution in [0.3, 0.4) is 0 Å². The molecule has 1 aliphatic carbocycles. The normalized spacial score (nSPS) is 18.9. The first kappa shape index (κ1) is 19.9. The van der Waals surface area contributed by atoms with Crippen molar-refractivity contribution in [3.63, 3.8) is 0 Å².